The molecule has 0 saturated heterocycles. The summed E-state index contributed by atoms with van der Waals surface area (Å²) in [6, 6.07) is 17.3. The van der Waals surface area contributed by atoms with Crippen LogP contribution in [0, 0.1) is 5.82 Å². The molecule has 0 spiro atoms. The molecule has 0 fully saturated rings. The summed E-state index contributed by atoms with van der Waals surface area (Å²) in [5, 5.41) is 6.06. The number of para-hydroxylation sites is 1. The van der Waals surface area contributed by atoms with Crippen LogP contribution in [0.15, 0.2) is 66.9 Å². The van der Waals surface area contributed by atoms with Crippen LogP contribution in [0.3, 0.4) is 0 Å². The molecule has 0 atom stereocenters. The number of benzene rings is 2. The molecule has 3 rings (SSSR count). The number of hydrogen-bond donors (Lipinski definition) is 2. The van der Waals surface area contributed by atoms with E-state index in [1.54, 1.807) is 37.6 Å². The number of anilines is 1. The van der Waals surface area contributed by atoms with E-state index in [4.69, 9.17) is 4.74 Å². The Hall–Kier alpha value is -3.41. The second kappa shape index (κ2) is 9.50. The maximum absolute atomic E-state index is 12.9. The number of halogens is 1. The number of nitrogens with one attached hydrogen (secondary N) is 2. The Kier molecular flexibility index (Phi) is 6.57. The summed E-state index contributed by atoms with van der Waals surface area (Å²) in [5.74, 6) is 0.975. The van der Waals surface area contributed by atoms with Crippen molar-refractivity contribution in [3.05, 3.63) is 89.4 Å². The van der Waals surface area contributed by atoms with Gasteiger partial charge in [-0.1, -0.05) is 30.3 Å². The first-order chi connectivity index (χ1) is 13.7. The molecule has 2 N–H and O–H groups in total. The van der Waals surface area contributed by atoms with Crippen molar-refractivity contribution < 1.29 is 13.9 Å². The summed E-state index contributed by atoms with van der Waals surface area (Å²) in [6.07, 6.45) is 2.37. The number of amides is 1. The van der Waals surface area contributed by atoms with Crippen LogP contribution in [0.1, 0.15) is 21.5 Å². The molecule has 1 heterocycles. The second-order valence-electron chi connectivity index (χ2n) is 6.23. The summed E-state index contributed by atoms with van der Waals surface area (Å²) in [5.41, 5.74) is 2.45. The van der Waals surface area contributed by atoms with Gasteiger partial charge in [0, 0.05) is 24.8 Å². The maximum atomic E-state index is 12.9. The van der Waals surface area contributed by atoms with Crippen molar-refractivity contribution in [3.8, 4) is 5.75 Å². The highest BCUT2D eigenvalue weighted by Gasteiger charge is 2.07. The molecule has 144 valence electrons. The van der Waals surface area contributed by atoms with Crippen LogP contribution >= 0.6 is 0 Å². The Morgan fingerprint density at radius 3 is 2.68 bits per heavy atom. The SMILES string of the molecule is COc1ccccc1CCNc1cc(C(=O)NCc2ccc(F)cc2)ccn1. The number of carbonyl (C=O) groups is 1. The standard InChI is InChI=1S/C22H22FN3O2/c1-28-20-5-3-2-4-17(20)10-12-24-21-14-18(11-13-25-21)22(27)26-15-16-6-8-19(23)9-7-16/h2-9,11,13-14H,10,12,15H2,1H3,(H,24,25)(H,26,27). The van der Waals surface area contributed by atoms with Crippen LogP contribution < -0.4 is 15.4 Å². The van der Waals surface area contributed by atoms with E-state index in [-0.39, 0.29) is 11.7 Å². The summed E-state index contributed by atoms with van der Waals surface area (Å²) >= 11 is 0. The second-order valence-corrected chi connectivity index (χ2v) is 6.23. The molecular formula is C22H22FN3O2. The van der Waals surface area contributed by atoms with Crippen LogP contribution in [-0.4, -0.2) is 24.5 Å². The first-order valence-electron chi connectivity index (χ1n) is 9.00. The summed E-state index contributed by atoms with van der Waals surface area (Å²) in [4.78, 5) is 16.6. The van der Waals surface area contributed by atoms with Gasteiger partial charge in [-0.25, -0.2) is 9.37 Å². The largest absolute Gasteiger partial charge is 0.496 e. The van der Waals surface area contributed by atoms with Crippen molar-refractivity contribution >= 4 is 11.7 Å². The van der Waals surface area contributed by atoms with E-state index < -0.39 is 0 Å². The molecule has 3 aromatic rings. The quantitative estimate of drug-likeness (QED) is 0.625. The number of nitrogens with zero attached hydrogens (tertiary/aromatic N) is 1. The van der Waals surface area contributed by atoms with Gasteiger partial charge in [0.25, 0.3) is 5.91 Å². The lowest BCUT2D eigenvalue weighted by Gasteiger charge is -2.10. The van der Waals surface area contributed by atoms with Crippen LogP contribution in [0.5, 0.6) is 5.75 Å². The van der Waals surface area contributed by atoms with E-state index in [9.17, 15) is 9.18 Å². The number of aromatic nitrogens is 1. The molecule has 0 unspecified atom stereocenters. The van der Waals surface area contributed by atoms with Gasteiger partial charge in [-0.15, -0.1) is 0 Å². The van der Waals surface area contributed by atoms with Gasteiger partial charge in [-0.3, -0.25) is 4.79 Å². The minimum absolute atomic E-state index is 0.209. The van der Waals surface area contributed by atoms with Crippen molar-refractivity contribution in [2.75, 3.05) is 19.0 Å². The summed E-state index contributed by atoms with van der Waals surface area (Å²) in [6.45, 7) is 0.992. The molecule has 0 aliphatic heterocycles. The van der Waals surface area contributed by atoms with E-state index in [2.05, 4.69) is 15.6 Å². The highest BCUT2D eigenvalue weighted by atomic mass is 19.1. The van der Waals surface area contributed by atoms with Crippen LogP contribution in [-0.2, 0) is 13.0 Å². The number of carbonyl (C=O) groups excluding carboxylic acids is 1. The third-order valence-electron chi connectivity index (χ3n) is 4.28. The third kappa shape index (κ3) is 5.30. The molecule has 0 aliphatic carbocycles. The zero-order chi connectivity index (χ0) is 19.8. The highest BCUT2D eigenvalue weighted by molar-refractivity contribution is 5.94. The molecule has 1 aromatic heterocycles. The zero-order valence-electron chi connectivity index (χ0n) is 15.6. The van der Waals surface area contributed by atoms with Crippen molar-refractivity contribution in [3.63, 3.8) is 0 Å². The maximum Gasteiger partial charge on any atom is 0.251 e. The van der Waals surface area contributed by atoms with Crippen molar-refractivity contribution in [1.29, 1.82) is 0 Å². The Bertz CT molecular complexity index is 929. The first-order valence-corrected chi connectivity index (χ1v) is 9.00. The number of ether oxygens (including phenoxy) is 1. The number of methoxy groups -OCH3 is 1. The molecule has 2 aromatic carbocycles. The minimum Gasteiger partial charge on any atom is -0.496 e. The minimum atomic E-state index is -0.298. The van der Waals surface area contributed by atoms with Gasteiger partial charge in [0.15, 0.2) is 0 Å². The normalized spacial score (nSPS) is 10.4. The summed E-state index contributed by atoms with van der Waals surface area (Å²) < 4.78 is 18.3. The average Bonchev–Trinajstić information content (AvgIpc) is 2.73. The monoisotopic (exact) mass is 379 g/mol. The van der Waals surface area contributed by atoms with Gasteiger partial charge in [0.2, 0.25) is 0 Å². The lowest BCUT2D eigenvalue weighted by molar-refractivity contribution is 0.0951. The lowest BCUT2D eigenvalue weighted by Crippen LogP contribution is -2.23. The van der Waals surface area contributed by atoms with Crippen LogP contribution in [0.25, 0.3) is 0 Å². The average molecular weight is 379 g/mol. The number of pyridine rings is 1. The van der Waals surface area contributed by atoms with Gasteiger partial charge in [-0.2, -0.15) is 0 Å². The molecule has 28 heavy (non-hydrogen) atoms. The molecule has 0 bridgehead atoms. The molecule has 1 amide bonds. The third-order valence-corrected chi connectivity index (χ3v) is 4.28. The Balaban J connectivity index is 1.54. The van der Waals surface area contributed by atoms with E-state index in [0.717, 1.165) is 23.3 Å². The number of hydrogen-bond acceptors (Lipinski definition) is 4. The van der Waals surface area contributed by atoms with E-state index in [1.165, 1.54) is 12.1 Å². The van der Waals surface area contributed by atoms with Crippen molar-refractivity contribution in [2.45, 2.75) is 13.0 Å². The lowest BCUT2D eigenvalue weighted by atomic mass is 10.1. The predicted octanol–water partition coefficient (Wildman–Crippen LogP) is 3.81. The smallest absolute Gasteiger partial charge is 0.251 e. The van der Waals surface area contributed by atoms with E-state index in [0.29, 0.717) is 24.5 Å². The Labute approximate surface area is 163 Å². The molecule has 6 heteroatoms. The fourth-order valence-corrected chi connectivity index (χ4v) is 2.79. The molecular weight excluding hydrogens is 357 g/mol. The van der Waals surface area contributed by atoms with Gasteiger partial charge in [0.1, 0.15) is 17.4 Å². The Morgan fingerprint density at radius 1 is 1.11 bits per heavy atom. The van der Waals surface area contributed by atoms with Crippen LogP contribution in [0.2, 0.25) is 0 Å². The Morgan fingerprint density at radius 2 is 1.89 bits per heavy atom. The fourth-order valence-electron chi connectivity index (χ4n) is 2.79. The van der Waals surface area contributed by atoms with E-state index >= 15 is 0 Å². The zero-order valence-corrected chi connectivity index (χ0v) is 15.6. The predicted molar refractivity (Wildman–Crippen MR) is 107 cm³/mol. The molecule has 5 nitrogen and oxygen atoms in total. The van der Waals surface area contributed by atoms with Crippen molar-refractivity contribution in [1.82, 2.24) is 10.3 Å². The van der Waals surface area contributed by atoms with Crippen LogP contribution in [0.4, 0.5) is 10.2 Å². The number of rotatable bonds is 8. The fraction of sp³-hybridized carbons (Fsp3) is 0.182. The molecule has 0 radical (unpaired) electrons. The van der Waals surface area contributed by atoms with Gasteiger partial charge < -0.3 is 15.4 Å². The molecule has 0 saturated carbocycles. The highest BCUT2D eigenvalue weighted by Crippen LogP contribution is 2.18. The first kappa shape index (κ1) is 19.4. The van der Waals surface area contributed by atoms with Gasteiger partial charge in [0.05, 0.1) is 7.11 Å². The molecule has 0 aliphatic rings. The summed E-state index contributed by atoms with van der Waals surface area (Å²) in [7, 11) is 1.65. The van der Waals surface area contributed by atoms with E-state index in [1.807, 2.05) is 24.3 Å². The van der Waals surface area contributed by atoms with Gasteiger partial charge >= 0.3 is 0 Å². The topological polar surface area (TPSA) is 63.2 Å². The van der Waals surface area contributed by atoms with Gasteiger partial charge in [-0.05, 0) is 47.9 Å². The van der Waals surface area contributed by atoms with Crippen molar-refractivity contribution in [2.24, 2.45) is 0 Å².